The van der Waals surface area contributed by atoms with E-state index in [0.29, 0.717) is 27.0 Å². The van der Waals surface area contributed by atoms with Crippen LogP contribution in [0.4, 0.5) is 4.39 Å². The van der Waals surface area contributed by atoms with E-state index in [1.54, 1.807) is 18.2 Å². The predicted molar refractivity (Wildman–Crippen MR) is 85.5 cm³/mol. The Labute approximate surface area is 136 Å². The number of ether oxygens (including phenoxy) is 1. The zero-order chi connectivity index (χ0) is 14.8. The minimum absolute atomic E-state index is 0.358. The molecule has 0 spiro atoms. The summed E-state index contributed by atoms with van der Waals surface area (Å²) in [6.45, 7) is 0.761. The van der Waals surface area contributed by atoms with E-state index in [2.05, 4.69) is 21.2 Å². The van der Waals surface area contributed by atoms with E-state index in [1.807, 2.05) is 12.1 Å². The maximum absolute atomic E-state index is 13.4. The van der Waals surface area contributed by atoms with Crippen LogP contribution in [0.25, 0.3) is 0 Å². The minimum atomic E-state index is -0.358. The molecule has 1 saturated carbocycles. The molecule has 0 aliphatic heterocycles. The van der Waals surface area contributed by atoms with Crippen LogP contribution in [0.3, 0.4) is 0 Å². The van der Waals surface area contributed by atoms with Crippen molar-refractivity contribution in [1.29, 1.82) is 0 Å². The number of nitrogens with one attached hydrogen (secondary N) is 1. The van der Waals surface area contributed by atoms with Crippen molar-refractivity contribution in [2.24, 2.45) is 0 Å². The van der Waals surface area contributed by atoms with E-state index in [4.69, 9.17) is 16.3 Å². The number of hydrogen-bond acceptors (Lipinski definition) is 2. The van der Waals surface area contributed by atoms with Crippen LogP contribution in [-0.4, -0.2) is 6.04 Å². The summed E-state index contributed by atoms with van der Waals surface area (Å²) in [5.74, 6) is 0.677. The number of halogens is 3. The molecular formula is C16H14BrClFNO. The highest BCUT2D eigenvalue weighted by Gasteiger charge is 2.20. The van der Waals surface area contributed by atoms with Crippen LogP contribution < -0.4 is 10.1 Å². The van der Waals surface area contributed by atoms with E-state index in [9.17, 15) is 4.39 Å². The standard InChI is InChI=1S/C16H14BrClFNO/c17-14-6-5-13(8-16(14)19)21-12-4-1-10(15(18)7-12)9-20-11-2-3-11/h1,4-8,11,20H,2-3,9H2. The lowest BCUT2D eigenvalue weighted by Crippen LogP contribution is -2.15. The van der Waals surface area contributed by atoms with E-state index in [1.165, 1.54) is 18.9 Å². The van der Waals surface area contributed by atoms with Crippen molar-refractivity contribution in [3.63, 3.8) is 0 Å². The molecule has 0 bridgehead atoms. The molecule has 0 atom stereocenters. The monoisotopic (exact) mass is 369 g/mol. The molecule has 1 aliphatic rings. The molecule has 0 radical (unpaired) electrons. The van der Waals surface area contributed by atoms with Crippen molar-refractivity contribution in [3.05, 3.63) is 57.3 Å². The first-order valence-electron chi connectivity index (χ1n) is 6.76. The number of rotatable bonds is 5. The summed E-state index contributed by atoms with van der Waals surface area (Å²) < 4.78 is 19.5. The Balaban J connectivity index is 1.70. The summed E-state index contributed by atoms with van der Waals surface area (Å²) in [6, 6.07) is 10.8. The topological polar surface area (TPSA) is 21.3 Å². The van der Waals surface area contributed by atoms with Crippen molar-refractivity contribution >= 4 is 27.5 Å². The molecule has 2 aromatic carbocycles. The molecule has 2 nitrogen and oxygen atoms in total. The molecule has 5 heteroatoms. The second-order valence-electron chi connectivity index (χ2n) is 5.09. The molecular weight excluding hydrogens is 357 g/mol. The highest BCUT2D eigenvalue weighted by molar-refractivity contribution is 9.10. The van der Waals surface area contributed by atoms with Gasteiger partial charge >= 0.3 is 0 Å². The normalized spacial score (nSPS) is 14.2. The van der Waals surface area contributed by atoms with E-state index < -0.39 is 0 Å². The Morgan fingerprint density at radius 3 is 2.57 bits per heavy atom. The van der Waals surface area contributed by atoms with Gasteiger partial charge in [-0.25, -0.2) is 4.39 Å². The summed E-state index contributed by atoms with van der Waals surface area (Å²) in [7, 11) is 0. The van der Waals surface area contributed by atoms with Gasteiger partial charge in [-0.1, -0.05) is 17.7 Å². The zero-order valence-corrected chi connectivity index (χ0v) is 13.5. The van der Waals surface area contributed by atoms with Crippen LogP contribution in [0, 0.1) is 5.82 Å². The summed E-state index contributed by atoms with van der Waals surface area (Å²) in [6.07, 6.45) is 2.49. The molecule has 0 amide bonds. The Kier molecular flexibility index (Phi) is 4.48. The van der Waals surface area contributed by atoms with E-state index >= 15 is 0 Å². The van der Waals surface area contributed by atoms with Gasteiger partial charge in [0.05, 0.1) is 4.47 Å². The fourth-order valence-electron chi connectivity index (χ4n) is 1.95. The smallest absolute Gasteiger partial charge is 0.141 e. The van der Waals surface area contributed by atoms with Gasteiger partial charge in [0.25, 0.3) is 0 Å². The molecule has 0 saturated heterocycles. The van der Waals surface area contributed by atoms with Crippen molar-refractivity contribution in [1.82, 2.24) is 5.32 Å². The minimum Gasteiger partial charge on any atom is -0.457 e. The van der Waals surface area contributed by atoms with Gasteiger partial charge < -0.3 is 10.1 Å². The average molecular weight is 371 g/mol. The van der Waals surface area contributed by atoms with Crippen molar-refractivity contribution < 1.29 is 9.13 Å². The third-order valence-corrected chi connectivity index (χ3v) is 4.30. The third-order valence-electron chi connectivity index (χ3n) is 3.31. The number of benzene rings is 2. The lowest BCUT2D eigenvalue weighted by Gasteiger charge is -2.10. The fourth-order valence-corrected chi connectivity index (χ4v) is 2.44. The summed E-state index contributed by atoms with van der Waals surface area (Å²) in [5, 5.41) is 4.07. The first-order chi connectivity index (χ1) is 10.1. The van der Waals surface area contributed by atoms with Crippen molar-refractivity contribution in [2.45, 2.75) is 25.4 Å². The highest BCUT2D eigenvalue weighted by atomic mass is 79.9. The van der Waals surface area contributed by atoms with Gasteiger partial charge in [0.2, 0.25) is 0 Å². The Hall–Kier alpha value is -1.10. The lowest BCUT2D eigenvalue weighted by atomic mass is 10.2. The largest absolute Gasteiger partial charge is 0.457 e. The molecule has 1 fully saturated rings. The Morgan fingerprint density at radius 1 is 1.19 bits per heavy atom. The van der Waals surface area contributed by atoms with Crippen molar-refractivity contribution in [3.8, 4) is 11.5 Å². The van der Waals surface area contributed by atoms with E-state index in [0.717, 1.165) is 12.1 Å². The second kappa shape index (κ2) is 6.34. The van der Waals surface area contributed by atoms with Gasteiger partial charge in [0.1, 0.15) is 17.3 Å². The second-order valence-corrected chi connectivity index (χ2v) is 6.35. The zero-order valence-electron chi connectivity index (χ0n) is 11.2. The molecule has 1 N–H and O–H groups in total. The van der Waals surface area contributed by atoms with Crippen LogP contribution in [0.2, 0.25) is 5.02 Å². The van der Waals surface area contributed by atoms with Gasteiger partial charge in [-0.05, 0) is 58.6 Å². The quantitative estimate of drug-likeness (QED) is 0.772. The maximum atomic E-state index is 13.4. The summed E-state index contributed by atoms with van der Waals surface area (Å²) in [5.41, 5.74) is 1.04. The molecule has 110 valence electrons. The first kappa shape index (κ1) is 14.8. The molecule has 21 heavy (non-hydrogen) atoms. The first-order valence-corrected chi connectivity index (χ1v) is 7.93. The van der Waals surface area contributed by atoms with Gasteiger partial charge in [0, 0.05) is 23.7 Å². The van der Waals surface area contributed by atoms with Crippen LogP contribution in [0.1, 0.15) is 18.4 Å². The maximum Gasteiger partial charge on any atom is 0.141 e. The molecule has 1 aliphatic carbocycles. The molecule has 0 heterocycles. The van der Waals surface area contributed by atoms with Gasteiger partial charge in [-0.3, -0.25) is 0 Å². The SMILES string of the molecule is Fc1cc(Oc2ccc(CNC3CC3)c(Cl)c2)ccc1Br. The highest BCUT2D eigenvalue weighted by Crippen LogP contribution is 2.29. The van der Waals surface area contributed by atoms with E-state index in [-0.39, 0.29) is 5.82 Å². The fraction of sp³-hybridized carbons (Fsp3) is 0.250. The lowest BCUT2D eigenvalue weighted by molar-refractivity contribution is 0.476. The number of hydrogen-bond donors (Lipinski definition) is 1. The Bertz CT molecular complexity index is 661. The molecule has 0 unspecified atom stereocenters. The summed E-state index contributed by atoms with van der Waals surface area (Å²) in [4.78, 5) is 0. The molecule has 0 aromatic heterocycles. The van der Waals surface area contributed by atoms with Crippen molar-refractivity contribution in [2.75, 3.05) is 0 Å². The van der Waals surface area contributed by atoms with Gasteiger partial charge in [-0.15, -0.1) is 0 Å². The average Bonchev–Trinajstić information content (AvgIpc) is 3.26. The predicted octanol–water partition coefficient (Wildman–Crippen LogP) is 5.29. The third kappa shape index (κ3) is 3.96. The summed E-state index contributed by atoms with van der Waals surface area (Å²) >= 11 is 9.37. The molecule has 2 aromatic rings. The van der Waals surface area contributed by atoms with Crippen LogP contribution in [-0.2, 0) is 6.54 Å². The van der Waals surface area contributed by atoms with Crippen LogP contribution in [0.15, 0.2) is 40.9 Å². The Morgan fingerprint density at radius 2 is 1.90 bits per heavy atom. The van der Waals surface area contributed by atoms with Gasteiger partial charge in [0.15, 0.2) is 0 Å². The van der Waals surface area contributed by atoms with Crippen LogP contribution in [0.5, 0.6) is 11.5 Å². The van der Waals surface area contributed by atoms with Crippen LogP contribution >= 0.6 is 27.5 Å². The van der Waals surface area contributed by atoms with Gasteiger partial charge in [-0.2, -0.15) is 0 Å². The molecule has 3 rings (SSSR count).